The van der Waals surface area contributed by atoms with Gasteiger partial charge in [-0.15, -0.1) is 0 Å². The topological polar surface area (TPSA) is 59.1 Å². The molecule has 148 valence electrons. The molecule has 0 bridgehead atoms. The fraction of sp³-hybridized carbons (Fsp3) is 0.300. The minimum Gasteiger partial charge on any atom is -0.482 e. The minimum absolute atomic E-state index is 0.281. The van der Waals surface area contributed by atoms with Gasteiger partial charge >= 0.3 is 5.97 Å². The summed E-state index contributed by atoms with van der Waals surface area (Å²) in [6, 6.07) is 13.1. The van der Waals surface area contributed by atoms with E-state index in [1.54, 1.807) is 47.4 Å². The number of esters is 1. The standard InChI is InChI=1S/C20H20ClFN2O4/c21-15-5-7-16(8-6-15)27-14-20(26)28-13-19(25)24-11-9-23(10-12-24)18-4-2-1-3-17(18)22/h1-8H,9-14H2. The molecule has 2 aromatic rings. The number of amides is 1. The largest absolute Gasteiger partial charge is 0.482 e. The van der Waals surface area contributed by atoms with Crippen LogP contribution in [0, 0.1) is 5.82 Å². The van der Waals surface area contributed by atoms with Crippen LogP contribution in [0.25, 0.3) is 0 Å². The Balaban J connectivity index is 1.39. The molecule has 0 unspecified atom stereocenters. The van der Waals surface area contributed by atoms with E-state index in [0.717, 1.165) is 0 Å². The molecule has 0 spiro atoms. The van der Waals surface area contributed by atoms with Gasteiger partial charge in [0.15, 0.2) is 13.2 Å². The quantitative estimate of drug-likeness (QED) is 0.690. The van der Waals surface area contributed by atoms with Gasteiger partial charge in [-0.05, 0) is 36.4 Å². The molecular weight excluding hydrogens is 387 g/mol. The van der Waals surface area contributed by atoms with Crippen LogP contribution < -0.4 is 9.64 Å². The number of rotatable bonds is 6. The fourth-order valence-electron chi connectivity index (χ4n) is 2.85. The Labute approximate surface area is 167 Å². The van der Waals surface area contributed by atoms with Crippen LogP contribution in [-0.2, 0) is 14.3 Å². The lowest BCUT2D eigenvalue weighted by Crippen LogP contribution is -2.50. The van der Waals surface area contributed by atoms with Gasteiger partial charge in [-0.2, -0.15) is 0 Å². The summed E-state index contributed by atoms with van der Waals surface area (Å²) in [5.74, 6) is -0.713. The molecule has 1 fully saturated rings. The van der Waals surface area contributed by atoms with Gasteiger partial charge in [-0.3, -0.25) is 4.79 Å². The lowest BCUT2D eigenvalue weighted by Gasteiger charge is -2.36. The summed E-state index contributed by atoms with van der Waals surface area (Å²) < 4.78 is 24.1. The van der Waals surface area contributed by atoms with E-state index in [0.29, 0.717) is 42.6 Å². The molecular formula is C20H20ClFN2O4. The van der Waals surface area contributed by atoms with Crippen molar-refractivity contribution in [1.29, 1.82) is 0 Å². The Kier molecular flexibility index (Phi) is 6.71. The van der Waals surface area contributed by atoms with Gasteiger partial charge in [-0.1, -0.05) is 23.7 Å². The maximum absolute atomic E-state index is 13.9. The van der Waals surface area contributed by atoms with E-state index in [2.05, 4.69) is 0 Å². The summed E-state index contributed by atoms with van der Waals surface area (Å²) in [5, 5.41) is 0.565. The average Bonchev–Trinajstić information content (AvgIpc) is 2.72. The lowest BCUT2D eigenvalue weighted by molar-refractivity contribution is -0.153. The van der Waals surface area contributed by atoms with E-state index in [9.17, 15) is 14.0 Å². The van der Waals surface area contributed by atoms with Crippen molar-refractivity contribution in [3.05, 3.63) is 59.4 Å². The lowest BCUT2D eigenvalue weighted by atomic mass is 10.2. The number of nitrogens with zero attached hydrogens (tertiary/aromatic N) is 2. The zero-order valence-electron chi connectivity index (χ0n) is 15.1. The normalized spacial score (nSPS) is 13.9. The molecule has 1 aliphatic heterocycles. The Morgan fingerprint density at radius 1 is 0.964 bits per heavy atom. The number of carbonyl (C=O) groups is 2. The second-order valence-electron chi connectivity index (χ2n) is 6.22. The van der Waals surface area contributed by atoms with Gasteiger partial charge < -0.3 is 19.3 Å². The fourth-order valence-corrected chi connectivity index (χ4v) is 2.98. The minimum atomic E-state index is -0.631. The molecule has 28 heavy (non-hydrogen) atoms. The first-order valence-corrected chi connectivity index (χ1v) is 9.22. The summed E-state index contributed by atoms with van der Waals surface area (Å²) in [7, 11) is 0. The Morgan fingerprint density at radius 2 is 1.64 bits per heavy atom. The molecule has 6 nitrogen and oxygen atoms in total. The van der Waals surface area contributed by atoms with Crippen molar-refractivity contribution in [2.45, 2.75) is 0 Å². The third kappa shape index (κ3) is 5.36. The molecule has 0 saturated carbocycles. The molecule has 1 heterocycles. The molecule has 0 atom stereocenters. The van der Waals surface area contributed by atoms with Crippen molar-refractivity contribution in [2.24, 2.45) is 0 Å². The summed E-state index contributed by atoms with van der Waals surface area (Å²) in [6.45, 7) is 1.26. The number of carbonyl (C=O) groups excluding carboxylic acids is 2. The number of piperazine rings is 1. The van der Waals surface area contributed by atoms with Crippen LogP contribution in [-0.4, -0.2) is 56.2 Å². The van der Waals surface area contributed by atoms with Crippen molar-refractivity contribution >= 4 is 29.2 Å². The monoisotopic (exact) mass is 406 g/mol. The molecule has 0 radical (unpaired) electrons. The highest BCUT2D eigenvalue weighted by molar-refractivity contribution is 6.30. The molecule has 0 aromatic heterocycles. The predicted molar refractivity (Wildman–Crippen MR) is 103 cm³/mol. The summed E-state index contributed by atoms with van der Waals surface area (Å²) >= 11 is 5.77. The molecule has 1 amide bonds. The van der Waals surface area contributed by atoms with Crippen LogP contribution in [0.5, 0.6) is 5.75 Å². The molecule has 8 heteroatoms. The molecule has 0 aliphatic carbocycles. The average molecular weight is 407 g/mol. The highest BCUT2D eigenvalue weighted by Gasteiger charge is 2.23. The van der Waals surface area contributed by atoms with E-state index >= 15 is 0 Å². The summed E-state index contributed by atoms with van der Waals surface area (Å²) in [4.78, 5) is 27.5. The van der Waals surface area contributed by atoms with Crippen LogP contribution in [0.1, 0.15) is 0 Å². The van der Waals surface area contributed by atoms with Crippen molar-refractivity contribution in [2.75, 3.05) is 44.3 Å². The third-order valence-electron chi connectivity index (χ3n) is 4.35. The van der Waals surface area contributed by atoms with E-state index in [1.165, 1.54) is 6.07 Å². The van der Waals surface area contributed by atoms with Crippen LogP contribution in [0.2, 0.25) is 5.02 Å². The van der Waals surface area contributed by atoms with E-state index in [-0.39, 0.29) is 24.9 Å². The van der Waals surface area contributed by atoms with Crippen molar-refractivity contribution in [1.82, 2.24) is 4.90 Å². The van der Waals surface area contributed by atoms with Gasteiger partial charge in [0, 0.05) is 31.2 Å². The van der Waals surface area contributed by atoms with Gasteiger partial charge in [-0.25, -0.2) is 9.18 Å². The number of hydrogen-bond acceptors (Lipinski definition) is 5. The zero-order valence-corrected chi connectivity index (χ0v) is 15.9. The maximum Gasteiger partial charge on any atom is 0.344 e. The zero-order chi connectivity index (χ0) is 19.9. The van der Waals surface area contributed by atoms with Gasteiger partial charge in [0.2, 0.25) is 0 Å². The second kappa shape index (κ2) is 9.41. The maximum atomic E-state index is 13.9. The number of ether oxygens (including phenoxy) is 2. The number of hydrogen-bond donors (Lipinski definition) is 0. The van der Waals surface area contributed by atoms with Crippen LogP contribution in [0.3, 0.4) is 0 Å². The van der Waals surface area contributed by atoms with Gasteiger partial charge in [0.05, 0.1) is 5.69 Å². The highest BCUT2D eigenvalue weighted by Crippen LogP contribution is 2.20. The molecule has 2 aromatic carbocycles. The number of anilines is 1. The molecule has 3 rings (SSSR count). The smallest absolute Gasteiger partial charge is 0.344 e. The Hall–Kier alpha value is -2.80. The van der Waals surface area contributed by atoms with Crippen molar-refractivity contribution in [3.63, 3.8) is 0 Å². The van der Waals surface area contributed by atoms with Gasteiger partial charge in [0.25, 0.3) is 5.91 Å². The first kappa shape index (κ1) is 19.9. The number of benzene rings is 2. The second-order valence-corrected chi connectivity index (χ2v) is 6.66. The highest BCUT2D eigenvalue weighted by atomic mass is 35.5. The summed E-state index contributed by atoms with van der Waals surface area (Å²) in [5.41, 5.74) is 0.528. The van der Waals surface area contributed by atoms with Crippen LogP contribution in [0.4, 0.5) is 10.1 Å². The predicted octanol–water partition coefficient (Wildman–Crippen LogP) is 2.75. The number of halogens is 2. The van der Waals surface area contributed by atoms with Crippen molar-refractivity contribution < 1.29 is 23.5 Å². The van der Waals surface area contributed by atoms with Gasteiger partial charge in [0.1, 0.15) is 11.6 Å². The Bertz CT molecular complexity index is 823. The van der Waals surface area contributed by atoms with Crippen LogP contribution in [0.15, 0.2) is 48.5 Å². The van der Waals surface area contributed by atoms with E-state index in [1.807, 2.05) is 4.90 Å². The Morgan fingerprint density at radius 3 is 2.32 bits per heavy atom. The number of para-hydroxylation sites is 1. The SMILES string of the molecule is O=C(COc1ccc(Cl)cc1)OCC(=O)N1CCN(c2ccccc2F)CC1. The van der Waals surface area contributed by atoms with Crippen molar-refractivity contribution in [3.8, 4) is 5.75 Å². The van der Waals surface area contributed by atoms with E-state index < -0.39 is 5.97 Å². The third-order valence-corrected chi connectivity index (χ3v) is 4.60. The van der Waals surface area contributed by atoms with Crippen LogP contribution >= 0.6 is 11.6 Å². The first-order chi connectivity index (χ1) is 13.5. The molecule has 0 N–H and O–H groups in total. The van der Waals surface area contributed by atoms with E-state index in [4.69, 9.17) is 21.1 Å². The summed E-state index contributed by atoms with van der Waals surface area (Å²) in [6.07, 6.45) is 0. The molecule has 1 aliphatic rings. The molecule has 1 saturated heterocycles. The first-order valence-electron chi connectivity index (χ1n) is 8.84.